The van der Waals surface area contributed by atoms with E-state index in [1.807, 2.05) is 43.3 Å². The molecule has 0 atom stereocenters. The molecule has 0 radical (unpaired) electrons. The molecule has 1 aliphatic carbocycles. The number of ether oxygens (including phenoxy) is 1. The number of nitrogens with one attached hydrogen (secondary N) is 2. The lowest BCUT2D eigenvalue weighted by atomic mass is 9.95. The van der Waals surface area contributed by atoms with Crippen LogP contribution in [0.2, 0.25) is 0 Å². The van der Waals surface area contributed by atoms with Crippen molar-refractivity contribution in [3.05, 3.63) is 65.4 Å². The summed E-state index contributed by atoms with van der Waals surface area (Å²) < 4.78 is 5.37. The molecule has 128 valence electrons. The molecule has 1 fully saturated rings. The molecular weight excluding hydrogens is 312 g/mol. The van der Waals surface area contributed by atoms with Crippen LogP contribution in [0, 0.1) is 6.92 Å². The number of carbonyl (C=O) groups excluding carboxylic acids is 1. The summed E-state index contributed by atoms with van der Waals surface area (Å²) in [6.45, 7) is 2.62. The summed E-state index contributed by atoms with van der Waals surface area (Å²) in [5, 5.41) is 4.32. The number of aryl methyl sites for hydroxylation is 1. The number of H-pyrrole nitrogens is 1. The molecule has 4 heteroatoms. The minimum absolute atomic E-state index is 0.00166. The van der Waals surface area contributed by atoms with Gasteiger partial charge in [-0.1, -0.05) is 18.2 Å². The third-order valence-electron chi connectivity index (χ3n) is 5.29. The van der Waals surface area contributed by atoms with Crippen LogP contribution in [-0.4, -0.2) is 24.5 Å². The van der Waals surface area contributed by atoms with Gasteiger partial charge in [0.2, 0.25) is 0 Å². The number of amides is 1. The number of aromatic amines is 1. The van der Waals surface area contributed by atoms with E-state index in [1.54, 1.807) is 7.11 Å². The topological polar surface area (TPSA) is 54.1 Å². The maximum atomic E-state index is 12.5. The van der Waals surface area contributed by atoms with Gasteiger partial charge in [-0.3, -0.25) is 4.79 Å². The standard InChI is InChI=1S/C21H22N2O2/c1-14-5-3-4-6-16(14)20(24)23-13-21(9-10-21)18-12-22-19-8-7-15(25-2)11-17(18)19/h3-8,11-12,22H,9-10,13H2,1-2H3,(H,23,24). The Labute approximate surface area is 147 Å². The number of benzene rings is 2. The average molecular weight is 334 g/mol. The lowest BCUT2D eigenvalue weighted by molar-refractivity contribution is 0.0949. The van der Waals surface area contributed by atoms with Crippen LogP contribution in [-0.2, 0) is 5.41 Å². The number of hydrogen-bond acceptors (Lipinski definition) is 2. The van der Waals surface area contributed by atoms with E-state index in [0.717, 1.165) is 35.2 Å². The van der Waals surface area contributed by atoms with Gasteiger partial charge in [-0.05, 0) is 55.2 Å². The molecule has 1 heterocycles. The summed E-state index contributed by atoms with van der Waals surface area (Å²) in [6.07, 6.45) is 4.26. The van der Waals surface area contributed by atoms with E-state index in [-0.39, 0.29) is 11.3 Å². The van der Waals surface area contributed by atoms with Gasteiger partial charge in [0.1, 0.15) is 5.75 Å². The van der Waals surface area contributed by atoms with Gasteiger partial charge in [0.25, 0.3) is 5.91 Å². The SMILES string of the molecule is COc1ccc2[nH]cc(C3(CNC(=O)c4ccccc4C)CC3)c2c1. The predicted molar refractivity (Wildman–Crippen MR) is 99.3 cm³/mol. The quantitative estimate of drug-likeness (QED) is 0.742. The molecule has 1 aromatic heterocycles. The minimum Gasteiger partial charge on any atom is -0.497 e. The van der Waals surface area contributed by atoms with Crippen LogP contribution in [0.3, 0.4) is 0 Å². The summed E-state index contributed by atoms with van der Waals surface area (Å²) >= 11 is 0. The number of aromatic nitrogens is 1. The fourth-order valence-corrected chi connectivity index (χ4v) is 3.53. The van der Waals surface area contributed by atoms with Crippen molar-refractivity contribution in [2.45, 2.75) is 25.2 Å². The third-order valence-corrected chi connectivity index (χ3v) is 5.29. The Balaban J connectivity index is 1.57. The van der Waals surface area contributed by atoms with Gasteiger partial charge in [-0.25, -0.2) is 0 Å². The zero-order chi connectivity index (χ0) is 17.4. The molecule has 1 aliphatic rings. The van der Waals surface area contributed by atoms with E-state index >= 15 is 0 Å². The number of hydrogen-bond donors (Lipinski definition) is 2. The average Bonchev–Trinajstić information content (AvgIpc) is 3.30. The normalized spacial score (nSPS) is 15.1. The molecule has 0 saturated heterocycles. The number of methoxy groups -OCH3 is 1. The van der Waals surface area contributed by atoms with Crippen LogP contribution in [0.4, 0.5) is 0 Å². The van der Waals surface area contributed by atoms with Crippen molar-refractivity contribution in [2.24, 2.45) is 0 Å². The smallest absolute Gasteiger partial charge is 0.251 e. The van der Waals surface area contributed by atoms with Crippen LogP contribution in [0.1, 0.15) is 34.3 Å². The molecule has 0 spiro atoms. The summed E-state index contributed by atoms with van der Waals surface area (Å²) in [4.78, 5) is 15.9. The van der Waals surface area contributed by atoms with Crippen molar-refractivity contribution >= 4 is 16.8 Å². The van der Waals surface area contributed by atoms with Gasteiger partial charge in [0.15, 0.2) is 0 Å². The van der Waals surface area contributed by atoms with Gasteiger partial charge in [0.05, 0.1) is 7.11 Å². The number of fused-ring (bicyclic) bond motifs is 1. The van der Waals surface area contributed by atoms with Gasteiger partial charge in [-0.15, -0.1) is 0 Å². The van der Waals surface area contributed by atoms with E-state index in [9.17, 15) is 4.79 Å². The molecule has 0 unspecified atom stereocenters. The molecule has 4 rings (SSSR count). The summed E-state index contributed by atoms with van der Waals surface area (Å²) in [5.74, 6) is 0.856. The third kappa shape index (κ3) is 2.78. The molecule has 25 heavy (non-hydrogen) atoms. The highest BCUT2D eigenvalue weighted by molar-refractivity contribution is 5.95. The molecular formula is C21H22N2O2. The Hall–Kier alpha value is -2.75. The highest BCUT2D eigenvalue weighted by Crippen LogP contribution is 2.50. The Morgan fingerprint density at radius 3 is 2.76 bits per heavy atom. The van der Waals surface area contributed by atoms with Crippen LogP contribution < -0.4 is 10.1 Å². The van der Waals surface area contributed by atoms with E-state index in [4.69, 9.17) is 4.74 Å². The molecule has 0 aliphatic heterocycles. The molecule has 0 bridgehead atoms. The molecule has 1 amide bonds. The largest absolute Gasteiger partial charge is 0.497 e. The number of carbonyl (C=O) groups is 1. The first-order valence-electron chi connectivity index (χ1n) is 8.62. The number of rotatable bonds is 5. The highest BCUT2D eigenvalue weighted by atomic mass is 16.5. The molecule has 4 nitrogen and oxygen atoms in total. The summed E-state index contributed by atoms with van der Waals surface area (Å²) in [5.41, 5.74) is 4.16. The maximum absolute atomic E-state index is 12.5. The lowest BCUT2D eigenvalue weighted by Gasteiger charge is -2.16. The van der Waals surface area contributed by atoms with E-state index in [1.165, 1.54) is 10.9 Å². The van der Waals surface area contributed by atoms with Crippen molar-refractivity contribution < 1.29 is 9.53 Å². The van der Waals surface area contributed by atoms with Crippen molar-refractivity contribution in [1.82, 2.24) is 10.3 Å². The molecule has 2 N–H and O–H groups in total. The van der Waals surface area contributed by atoms with Gasteiger partial charge in [-0.2, -0.15) is 0 Å². The molecule has 3 aromatic rings. The van der Waals surface area contributed by atoms with Gasteiger partial charge in [0, 0.05) is 34.6 Å². The molecule has 1 saturated carbocycles. The van der Waals surface area contributed by atoms with Crippen LogP contribution >= 0.6 is 0 Å². The summed E-state index contributed by atoms with van der Waals surface area (Å²) in [7, 11) is 1.68. The second kappa shape index (κ2) is 5.96. The first kappa shape index (κ1) is 15.8. The Bertz CT molecular complexity index is 938. The van der Waals surface area contributed by atoms with Gasteiger partial charge < -0.3 is 15.0 Å². The fraction of sp³-hybridized carbons (Fsp3) is 0.286. The zero-order valence-corrected chi connectivity index (χ0v) is 14.6. The van der Waals surface area contributed by atoms with Crippen LogP contribution in [0.5, 0.6) is 5.75 Å². The first-order valence-corrected chi connectivity index (χ1v) is 8.62. The Morgan fingerprint density at radius 1 is 1.24 bits per heavy atom. The Morgan fingerprint density at radius 2 is 2.04 bits per heavy atom. The fourth-order valence-electron chi connectivity index (χ4n) is 3.53. The van der Waals surface area contributed by atoms with Crippen molar-refractivity contribution in [3.63, 3.8) is 0 Å². The van der Waals surface area contributed by atoms with Crippen LogP contribution in [0.25, 0.3) is 10.9 Å². The van der Waals surface area contributed by atoms with Crippen molar-refractivity contribution in [3.8, 4) is 5.75 Å². The second-order valence-corrected chi connectivity index (χ2v) is 6.89. The second-order valence-electron chi connectivity index (χ2n) is 6.89. The molecule has 2 aromatic carbocycles. The van der Waals surface area contributed by atoms with E-state index < -0.39 is 0 Å². The van der Waals surface area contributed by atoms with E-state index in [2.05, 4.69) is 22.6 Å². The van der Waals surface area contributed by atoms with Crippen molar-refractivity contribution in [2.75, 3.05) is 13.7 Å². The van der Waals surface area contributed by atoms with Gasteiger partial charge >= 0.3 is 0 Å². The van der Waals surface area contributed by atoms with Crippen LogP contribution in [0.15, 0.2) is 48.7 Å². The summed E-state index contributed by atoms with van der Waals surface area (Å²) in [6, 6.07) is 13.8. The predicted octanol–water partition coefficient (Wildman–Crippen LogP) is 3.95. The van der Waals surface area contributed by atoms with E-state index in [0.29, 0.717) is 6.54 Å². The maximum Gasteiger partial charge on any atom is 0.251 e. The Kier molecular flexibility index (Phi) is 3.75. The zero-order valence-electron chi connectivity index (χ0n) is 14.6. The minimum atomic E-state index is 0.00166. The van der Waals surface area contributed by atoms with Crippen molar-refractivity contribution in [1.29, 1.82) is 0 Å². The first-order chi connectivity index (χ1) is 12.1. The monoisotopic (exact) mass is 334 g/mol. The highest BCUT2D eigenvalue weighted by Gasteiger charge is 2.46. The lowest BCUT2D eigenvalue weighted by Crippen LogP contribution is -2.32.